The van der Waals surface area contributed by atoms with Crippen LogP contribution in [-0.2, 0) is 9.59 Å². The molecule has 4 N–H and O–H groups in total. The van der Waals surface area contributed by atoms with Gasteiger partial charge in [0.15, 0.2) is 0 Å². The van der Waals surface area contributed by atoms with Crippen LogP contribution in [0.5, 0.6) is 0 Å². The number of carbonyl (C=O) groups excluding carboxylic acids is 2. The Morgan fingerprint density at radius 3 is 2.43 bits per heavy atom. The van der Waals surface area contributed by atoms with Crippen molar-refractivity contribution in [2.45, 2.75) is 56.2 Å². The first-order valence-corrected chi connectivity index (χ1v) is 8.89. The number of rotatable bonds is 9. The molecular formula is C17H27N3O2S. The average molecular weight is 337 g/mol. The molecule has 2 atom stereocenters. The van der Waals surface area contributed by atoms with Crippen LogP contribution in [0.25, 0.3) is 0 Å². The summed E-state index contributed by atoms with van der Waals surface area (Å²) in [6.07, 6.45) is 3.08. The predicted octanol–water partition coefficient (Wildman–Crippen LogP) is 2.76. The normalized spacial score (nSPS) is 13.2. The van der Waals surface area contributed by atoms with Gasteiger partial charge in [0.2, 0.25) is 11.8 Å². The highest BCUT2D eigenvalue weighted by Gasteiger charge is 2.17. The lowest BCUT2D eigenvalue weighted by Crippen LogP contribution is -2.43. The maximum atomic E-state index is 12.2. The minimum atomic E-state index is -0.197. The summed E-state index contributed by atoms with van der Waals surface area (Å²) in [5, 5.41) is 5.54. The molecule has 0 aliphatic rings. The molecule has 0 saturated carbocycles. The Bertz CT molecular complexity index is 505. The van der Waals surface area contributed by atoms with Gasteiger partial charge in [0, 0.05) is 30.1 Å². The third kappa shape index (κ3) is 7.52. The number of benzene rings is 1. The van der Waals surface area contributed by atoms with Gasteiger partial charge in [-0.25, -0.2) is 0 Å². The Hall–Kier alpha value is -1.53. The number of nitrogens with two attached hydrogens (primary N) is 1. The Morgan fingerprint density at radius 2 is 1.91 bits per heavy atom. The van der Waals surface area contributed by atoms with Crippen LogP contribution in [0, 0.1) is 0 Å². The fourth-order valence-corrected chi connectivity index (χ4v) is 2.97. The van der Waals surface area contributed by atoms with Crippen molar-refractivity contribution in [2.75, 3.05) is 11.9 Å². The van der Waals surface area contributed by atoms with E-state index in [2.05, 4.69) is 17.6 Å². The van der Waals surface area contributed by atoms with E-state index in [-0.39, 0.29) is 23.1 Å². The third-order valence-electron chi connectivity index (χ3n) is 3.39. The zero-order valence-electron chi connectivity index (χ0n) is 14.1. The van der Waals surface area contributed by atoms with Crippen molar-refractivity contribution >= 4 is 29.3 Å². The van der Waals surface area contributed by atoms with E-state index in [1.807, 2.05) is 31.2 Å². The largest absolute Gasteiger partial charge is 0.351 e. The molecule has 0 saturated heterocycles. The summed E-state index contributed by atoms with van der Waals surface area (Å²) in [5.74, 6) is -0.0921. The molecule has 1 aromatic carbocycles. The van der Waals surface area contributed by atoms with Crippen LogP contribution < -0.4 is 16.4 Å². The maximum absolute atomic E-state index is 12.2. The summed E-state index contributed by atoms with van der Waals surface area (Å²) in [7, 11) is 0. The van der Waals surface area contributed by atoms with Crippen molar-refractivity contribution in [3.05, 3.63) is 24.3 Å². The van der Waals surface area contributed by atoms with Crippen molar-refractivity contribution < 1.29 is 9.59 Å². The van der Waals surface area contributed by atoms with Gasteiger partial charge >= 0.3 is 0 Å². The minimum absolute atomic E-state index is 0.00694. The summed E-state index contributed by atoms with van der Waals surface area (Å²) < 4.78 is 0. The van der Waals surface area contributed by atoms with Gasteiger partial charge in [0.05, 0.1) is 5.25 Å². The van der Waals surface area contributed by atoms with Crippen LogP contribution in [0.2, 0.25) is 0 Å². The number of hydrogen-bond acceptors (Lipinski definition) is 4. The van der Waals surface area contributed by atoms with E-state index in [4.69, 9.17) is 5.73 Å². The smallest absolute Gasteiger partial charge is 0.233 e. The van der Waals surface area contributed by atoms with Crippen molar-refractivity contribution in [2.24, 2.45) is 5.73 Å². The molecule has 2 unspecified atom stereocenters. The van der Waals surface area contributed by atoms with E-state index in [0.717, 1.165) is 29.8 Å². The Labute approximate surface area is 142 Å². The van der Waals surface area contributed by atoms with Crippen molar-refractivity contribution in [3.63, 3.8) is 0 Å². The summed E-state index contributed by atoms with van der Waals surface area (Å²) in [6.45, 7) is 5.95. The highest BCUT2D eigenvalue weighted by molar-refractivity contribution is 8.00. The number of anilines is 1. The fourth-order valence-electron chi connectivity index (χ4n) is 2.10. The number of carbonyl (C=O) groups is 2. The molecule has 1 rings (SSSR count). The number of hydrogen-bond donors (Lipinski definition) is 3. The fraction of sp³-hybridized carbons (Fsp3) is 0.529. The summed E-state index contributed by atoms with van der Waals surface area (Å²) in [6, 6.07) is 7.51. The number of amides is 2. The molecule has 6 heteroatoms. The highest BCUT2D eigenvalue weighted by atomic mass is 32.2. The van der Waals surface area contributed by atoms with Crippen LogP contribution in [-0.4, -0.2) is 29.7 Å². The quantitative estimate of drug-likeness (QED) is 0.605. The molecule has 128 valence electrons. The van der Waals surface area contributed by atoms with Gasteiger partial charge in [-0.3, -0.25) is 9.59 Å². The molecule has 0 fully saturated rings. The zero-order chi connectivity index (χ0) is 17.2. The first kappa shape index (κ1) is 19.5. The molecule has 23 heavy (non-hydrogen) atoms. The molecule has 0 heterocycles. The summed E-state index contributed by atoms with van der Waals surface area (Å²) >= 11 is 1.49. The molecule has 0 spiro atoms. The van der Waals surface area contributed by atoms with Crippen LogP contribution in [0.4, 0.5) is 5.69 Å². The monoisotopic (exact) mass is 337 g/mol. The molecule has 1 aromatic rings. The SMILES string of the molecule is CCCCC(CN)NC(=O)C(C)Sc1ccc(NC(C)=O)cc1. The Kier molecular flexibility index (Phi) is 8.73. The van der Waals surface area contributed by atoms with Gasteiger partial charge in [-0.2, -0.15) is 0 Å². The van der Waals surface area contributed by atoms with Crippen LogP contribution >= 0.6 is 11.8 Å². The van der Waals surface area contributed by atoms with Crippen molar-refractivity contribution in [3.8, 4) is 0 Å². The second kappa shape index (κ2) is 10.3. The predicted molar refractivity (Wildman–Crippen MR) is 96.6 cm³/mol. The lowest BCUT2D eigenvalue weighted by atomic mass is 10.1. The molecular weight excluding hydrogens is 310 g/mol. The Balaban J connectivity index is 2.52. The van der Waals surface area contributed by atoms with Crippen LogP contribution in [0.1, 0.15) is 40.0 Å². The topological polar surface area (TPSA) is 84.2 Å². The van der Waals surface area contributed by atoms with Gasteiger partial charge in [0.25, 0.3) is 0 Å². The molecule has 5 nitrogen and oxygen atoms in total. The lowest BCUT2D eigenvalue weighted by molar-refractivity contribution is -0.121. The molecule has 0 aromatic heterocycles. The maximum Gasteiger partial charge on any atom is 0.233 e. The number of nitrogens with one attached hydrogen (secondary N) is 2. The highest BCUT2D eigenvalue weighted by Crippen LogP contribution is 2.25. The average Bonchev–Trinajstić information content (AvgIpc) is 2.52. The summed E-state index contributed by atoms with van der Waals surface area (Å²) in [4.78, 5) is 24.2. The third-order valence-corrected chi connectivity index (χ3v) is 4.51. The Morgan fingerprint density at radius 1 is 1.26 bits per heavy atom. The van der Waals surface area contributed by atoms with Gasteiger partial charge in [-0.15, -0.1) is 11.8 Å². The zero-order valence-corrected chi connectivity index (χ0v) is 14.9. The molecule has 0 aliphatic heterocycles. The second-order valence-electron chi connectivity index (χ2n) is 5.55. The number of unbranched alkanes of at least 4 members (excludes halogenated alkanes) is 1. The first-order chi connectivity index (χ1) is 11.0. The van der Waals surface area contributed by atoms with Gasteiger partial charge < -0.3 is 16.4 Å². The van der Waals surface area contributed by atoms with E-state index in [9.17, 15) is 9.59 Å². The first-order valence-electron chi connectivity index (χ1n) is 8.01. The van der Waals surface area contributed by atoms with Crippen LogP contribution in [0.15, 0.2) is 29.2 Å². The van der Waals surface area contributed by atoms with Gasteiger partial charge in [-0.05, 0) is 37.6 Å². The second-order valence-corrected chi connectivity index (χ2v) is 6.96. The lowest BCUT2D eigenvalue weighted by Gasteiger charge is -2.19. The van der Waals surface area contributed by atoms with Gasteiger partial charge in [0.1, 0.15) is 0 Å². The van der Waals surface area contributed by atoms with Crippen molar-refractivity contribution in [1.82, 2.24) is 5.32 Å². The molecule has 0 radical (unpaired) electrons. The van der Waals surface area contributed by atoms with E-state index in [1.165, 1.54) is 18.7 Å². The van der Waals surface area contributed by atoms with E-state index in [1.54, 1.807) is 0 Å². The minimum Gasteiger partial charge on any atom is -0.351 e. The number of thioether (sulfide) groups is 1. The van der Waals surface area contributed by atoms with Crippen LogP contribution in [0.3, 0.4) is 0 Å². The van der Waals surface area contributed by atoms with E-state index in [0.29, 0.717) is 6.54 Å². The molecule has 0 aliphatic carbocycles. The standard InChI is InChI=1S/C17H27N3O2S/c1-4-5-6-15(11-18)20-17(22)12(2)23-16-9-7-14(8-10-16)19-13(3)21/h7-10,12,15H,4-6,11,18H2,1-3H3,(H,19,21)(H,20,22). The molecule has 0 bridgehead atoms. The van der Waals surface area contributed by atoms with E-state index < -0.39 is 0 Å². The van der Waals surface area contributed by atoms with Crippen molar-refractivity contribution in [1.29, 1.82) is 0 Å². The molecule has 2 amide bonds. The van der Waals surface area contributed by atoms with E-state index >= 15 is 0 Å². The van der Waals surface area contributed by atoms with Gasteiger partial charge in [-0.1, -0.05) is 19.8 Å². The summed E-state index contributed by atoms with van der Waals surface area (Å²) in [5.41, 5.74) is 6.47.